The van der Waals surface area contributed by atoms with Gasteiger partial charge in [-0.1, -0.05) is 50.6 Å². The number of rotatable bonds is 10. The van der Waals surface area contributed by atoms with Gasteiger partial charge in [-0.2, -0.15) is 0 Å². The van der Waals surface area contributed by atoms with E-state index in [-0.39, 0.29) is 23.4 Å². The van der Waals surface area contributed by atoms with Crippen molar-refractivity contribution < 1.29 is 29.0 Å². The van der Waals surface area contributed by atoms with Gasteiger partial charge < -0.3 is 20.5 Å². The maximum absolute atomic E-state index is 13.2. The average Bonchev–Trinajstić information content (AvgIpc) is 3.21. The molecule has 0 spiro atoms. The molecule has 176 valence electrons. The zero-order valence-corrected chi connectivity index (χ0v) is 19.8. The number of amides is 2. The molecular formula is C23H32N2O6S. The Morgan fingerprint density at radius 1 is 1.12 bits per heavy atom. The summed E-state index contributed by atoms with van der Waals surface area (Å²) in [5.41, 5.74) is -0.435. The highest BCUT2D eigenvalue weighted by Crippen LogP contribution is 2.32. The van der Waals surface area contributed by atoms with Crippen LogP contribution in [0.15, 0.2) is 24.3 Å². The molecule has 1 aliphatic rings. The molecule has 0 aliphatic heterocycles. The first kappa shape index (κ1) is 25.7. The zero-order chi connectivity index (χ0) is 23.9. The van der Waals surface area contributed by atoms with Crippen molar-refractivity contribution in [2.75, 3.05) is 7.11 Å². The molecule has 0 saturated heterocycles. The molecular weight excluding hydrogens is 432 g/mol. The summed E-state index contributed by atoms with van der Waals surface area (Å²) < 4.78 is 5.11. The largest absolute Gasteiger partial charge is 0.497 e. The summed E-state index contributed by atoms with van der Waals surface area (Å²) in [6.45, 7) is 5.09. The highest BCUT2D eigenvalue weighted by Gasteiger charge is 2.45. The number of carbonyl (C=O) groups excluding carboxylic acids is 3. The minimum absolute atomic E-state index is 0.101. The molecule has 3 N–H and O–H groups in total. The molecule has 0 bridgehead atoms. The second kappa shape index (κ2) is 11.4. The van der Waals surface area contributed by atoms with Gasteiger partial charge in [0.2, 0.25) is 11.8 Å². The Bertz CT molecular complexity index is 833. The fraction of sp³-hybridized carbons (Fsp3) is 0.565. The molecule has 0 radical (unpaired) electrons. The van der Waals surface area contributed by atoms with Crippen LogP contribution >= 0.6 is 11.8 Å². The quantitative estimate of drug-likeness (QED) is 0.486. The predicted molar refractivity (Wildman–Crippen MR) is 123 cm³/mol. The smallest absolute Gasteiger partial charge is 0.326 e. The molecule has 0 heterocycles. The Balaban J connectivity index is 2.16. The van der Waals surface area contributed by atoms with Crippen LogP contribution < -0.4 is 15.4 Å². The first-order chi connectivity index (χ1) is 15.1. The molecule has 2 atom stereocenters. The maximum Gasteiger partial charge on any atom is 0.326 e. The highest BCUT2D eigenvalue weighted by atomic mass is 32.2. The van der Waals surface area contributed by atoms with Gasteiger partial charge in [0.25, 0.3) is 0 Å². The first-order valence-electron chi connectivity index (χ1n) is 10.7. The number of aliphatic carboxylic acids is 1. The van der Waals surface area contributed by atoms with E-state index in [1.807, 2.05) is 13.8 Å². The third kappa shape index (κ3) is 6.72. The molecule has 2 rings (SSSR count). The van der Waals surface area contributed by atoms with Crippen LogP contribution in [0, 0.1) is 5.92 Å². The number of ether oxygens (including phenoxy) is 1. The lowest BCUT2D eigenvalue weighted by Crippen LogP contribution is -2.61. The van der Waals surface area contributed by atoms with Gasteiger partial charge in [-0.3, -0.25) is 14.4 Å². The Morgan fingerprint density at radius 3 is 2.19 bits per heavy atom. The molecule has 1 aliphatic carbocycles. The van der Waals surface area contributed by atoms with Crippen molar-refractivity contribution in [2.45, 2.75) is 69.7 Å². The summed E-state index contributed by atoms with van der Waals surface area (Å²) in [5.74, 6) is -1.48. The van der Waals surface area contributed by atoms with Crippen LogP contribution in [-0.2, 0) is 25.6 Å². The zero-order valence-electron chi connectivity index (χ0n) is 19.0. The second-order valence-corrected chi connectivity index (χ2v) is 9.79. The number of hydrogen-bond acceptors (Lipinski definition) is 6. The Morgan fingerprint density at radius 2 is 1.72 bits per heavy atom. The van der Waals surface area contributed by atoms with E-state index in [1.165, 1.54) is 6.92 Å². The molecule has 2 amide bonds. The molecule has 2 unspecified atom stereocenters. The van der Waals surface area contributed by atoms with E-state index in [9.17, 15) is 24.3 Å². The summed E-state index contributed by atoms with van der Waals surface area (Å²) in [7, 11) is 1.55. The van der Waals surface area contributed by atoms with Gasteiger partial charge in [0.15, 0.2) is 5.12 Å². The van der Waals surface area contributed by atoms with E-state index in [1.54, 1.807) is 31.4 Å². The minimum Gasteiger partial charge on any atom is -0.497 e. The van der Waals surface area contributed by atoms with Crippen molar-refractivity contribution in [3.05, 3.63) is 29.8 Å². The van der Waals surface area contributed by atoms with Crippen LogP contribution in [0.2, 0.25) is 0 Å². The van der Waals surface area contributed by atoms with Crippen molar-refractivity contribution in [2.24, 2.45) is 5.92 Å². The fourth-order valence-corrected chi connectivity index (χ4v) is 4.66. The van der Waals surface area contributed by atoms with Gasteiger partial charge in [-0.15, -0.1) is 0 Å². The van der Waals surface area contributed by atoms with Crippen LogP contribution in [0.1, 0.15) is 52.0 Å². The van der Waals surface area contributed by atoms with Crippen LogP contribution in [0.25, 0.3) is 0 Å². The first-order valence-corrected chi connectivity index (χ1v) is 11.6. The number of methoxy groups -OCH3 is 1. The molecule has 32 heavy (non-hydrogen) atoms. The summed E-state index contributed by atoms with van der Waals surface area (Å²) in [6, 6.07) is 5.82. The van der Waals surface area contributed by atoms with Crippen molar-refractivity contribution >= 4 is 34.7 Å². The molecule has 0 aromatic heterocycles. The minimum atomic E-state index is -1.17. The van der Waals surface area contributed by atoms with Gasteiger partial charge in [0.1, 0.15) is 17.3 Å². The third-order valence-corrected chi connectivity index (χ3v) is 6.96. The van der Waals surface area contributed by atoms with E-state index in [4.69, 9.17) is 4.74 Å². The average molecular weight is 465 g/mol. The van der Waals surface area contributed by atoms with E-state index < -0.39 is 28.7 Å². The maximum atomic E-state index is 13.2. The SMILES string of the molecule is COc1ccc(CC(NC(=O)C2(NC(=O)C(SC(C)=O)C(C)C)CCCC2)C(=O)O)cc1. The van der Waals surface area contributed by atoms with Crippen LogP contribution in [-0.4, -0.2) is 51.9 Å². The molecule has 1 aromatic carbocycles. The van der Waals surface area contributed by atoms with Crippen LogP contribution in [0.4, 0.5) is 0 Å². The second-order valence-electron chi connectivity index (χ2n) is 8.47. The molecule has 1 saturated carbocycles. The van der Waals surface area contributed by atoms with Gasteiger partial charge in [-0.05, 0) is 36.5 Å². The van der Waals surface area contributed by atoms with Crippen molar-refractivity contribution in [1.29, 1.82) is 0 Å². The number of carboxylic acids is 1. The van der Waals surface area contributed by atoms with Gasteiger partial charge in [0.05, 0.1) is 12.4 Å². The highest BCUT2D eigenvalue weighted by molar-refractivity contribution is 8.14. The number of carbonyl (C=O) groups is 4. The molecule has 1 aromatic rings. The fourth-order valence-electron chi connectivity index (χ4n) is 3.86. The van der Waals surface area contributed by atoms with Crippen LogP contribution in [0.3, 0.4) is 0 Å². The van der Waals surface area contributed by atoms with Gasteiger partial charge in [0, 0.05) is 13.3 Å². The van der Waals surface area contributed by atoms with Crippen molar-refractivity contribution in [1.82, 2.24) is 10.6 Å². The third-order valence-electron chi connectivity index (χ3n) is 5.61. The Hall–Kier alpha value is -2.55. The molecule has 8 nitrogen and oxygen atoms in total. The van der Waals surface area contributed by atoms with Gasteiger partial charge in [-0.25, -0.2) is 4.79 Å². The van der Waals surface area contributed by atoms with E-state index in [0.717, 1.165) is 30.2 Å². The normalized spacial score (nSPS) is 16.8. The number of thioether (sulfide) groups is 1. The number of benzene rings is 1. The van der Waals surface area contributed by atoms with Crippen molar-refractivity contribution in [3.63, 3.8) is 0 Å². The summed E-state index contributed by atoms with van der Waals surface area (Å²) in [6.07, 6.45) is 2.44. The number of carboxylic acid groups (broad SMARTS) is 1. The van der Waals surface area contributed by atoms with E-state index in [0.29, 0.717) is 18.6 Å². The molecule has 9 heteroatoms. The topological polar surface area (TPSA) is 122 Å². The molecule has 1 fully saturated rings. The van der Waals surface area contributed by atoms with Crippen LogP contribution in [0.5, 0.6) is 5.75 Å². The standard InChI is InChI=1S/C23H32N2O6S/c1-14(2)19(32-15(3)26)20(27)25-23(11-5-6-12-23)22(30)24-18(21(28)29)13-16-7-9-17(31-4)10-8-16/h7-10,14,18-19H,5-6,11-13H2,1-4H3,(H,24,30)(H,25,27)(H,28,29). The summed E-state index contributed by atoms with van der Waals surface area (Å²) in [5, 5.41) is 14.4. The Labute approximate surface area is 192 Å². The summed E-state index contributed by atoms with van der Waals surface area (Å²) in [4.78, 5) is 49.6. The van der Waals surface area contributed by atoms with Crippen molar-refractivity contribution in [3.8, 4) is 5.75 Å². The summed E-state index contributed by atoms with van der Waals surface area (Å²) >= 11 is 0.946. The lowest BCUT2D eigenvalue weighted by Gasteiger charge is -2.32. The van der Waals surface area contributed by atoms with E-state index in [2.05, 4.69) is 10.6 Å². The lowest BCUT2D eigenvalue weighted by molar-refractivity contribution is -0.143. The number of nitrogens with one attached hydrogen (secondary N) is 2. The predicted octanol–water partition coefficient (Wildman–Crippen LogP) is 2.54. The number of hydrogen-bond donors (Lipinski definition) is 3. The van der Waals surface area contributed by atoms with E-state index >= 15 is 0 Å². The monoisotopic (exact) mass is 464 g/mol. The van der Waals surface area contributed by atoms with Gasteiger partial charge >= 0.3 is 5.97 Å². The lowest BCUT2D eigenvalue weighted by atomic mass is 9.94. The Kier molecular flexibility index (Phi) is 9.12.